The smallest absolute Gasteiger partial charge is 0.365 e. The monoisotopic (exact) mass is 381 g/mol. The Labute approximate surface area is 164 Å². The van der Waals surface area contributed by atoms with Crippen molar-refractivity contribution in [3.63, 3.8) is 0 Å². The van der Waals surface area contributed by atoms with Crippen molar-refractivity contribution in [1.29, 1.82) is 0 Å². The predicted molar refractivity (Wildman–Crippen MR) is 108 cm³/mol. The number of nitro groups is 1. The van der Waals surface area contributed by atoms with Crippen LogP contribution in [0.25, 0.3) is 0 Å². The molecule has 3 rings (SSSR count). The highest BCUT2D eigenvalue weighted by Crippen LogP contribution is 2.45. The number of carbonyl (C=O) groups excluding carboxylic acids is 1. The molecule has 0 spiro atoms. The van der Waals surface area contributed by atoms with Gasteiger partial charge in [-0.2, -0.15) is 4.79 Å². The van der Waals surface area contributed by atoms with Crippen LogP contribution >= 0.6 is 0 Å². The highest BCUT2D eigenvalue weighted by Gasteiger charge is 2.41. The first-order chi connectivity index (χ1) is 12.9. The lowest BCUT2D eigenvalue weighted by atomic mass is 9.80. The summed E-state index contributed by atoms with van der Waals surface area (Å²) in [5, 5.41) is 10.8. The zero-order valence-electron chi connectivity index (χ0n) is 17.1. The van der Waals surface area contributed by atoms with Gasteiger partial charge in [0.25, 0.3) is 11.4 Å². The van der Waals surface area contributed by atoms with Crippen molar-refractivity contribution in [3.8, 4) is 5.75 Å². The molecular formula is C22H25N2O4+. The molecule has 28 heavy (non-hydrogen) atoms. The molecule has 0 unspecified atom stereocenters. The van der Waals surface area contributed by atoms with Gasteiger partial charge < -0.3 is 4.74 Å². The molecule has 0 saturated carbocycles. The topological polar surface area (TPSA) is 72.5 Å². The number of ether oxygens (including phenoxy) is 1. The molecule has 0 saturated heterocycles. The van der Waals surface area contributed by atoms with Crippen LogP contribution in [0.4, 0.5) is 16.2 Å². The van der Waals surface area contributed by atoms with E-state index in [2.05, 4.69) is 47.6 Å². The molecule has 1 heterocycles. The number of amides is 1. The third kappa shape index (κ3) is 3.67. The normalized spacial score (nSPS) is 15.5. The van der Waals surface area contributed by atoms with E-state index in [4.69, 9.17) is 4.74 Å². The lowest BCUT2D eigenvalue weighted by Crippen LogP contribution is -2.17. The predicted octanol–water partition coefficient (Wildman–Crippen LogP) is 5.47. The van der Waals surface area contributed by atoms with Crippen molar-refractivity contribution < 1.29 is 19.0 Å². The summed E-state index contributed by atoms with van der Waals surface area (Å²) in [7, 11) is 0. The summed E-state index contributed by atoms with van der Waals surface area (Å²) in [6.07, 6.45) is 1.17. The first-order valence-electron chi connectivity index (χ1n) is 9.17. The Morgan fingerprint density at radius 3 is 2.11 bits per heavy atom. The van der Waals surface area contributed by atoms with Crippen LogP contribution in [0.3, 0.4) is 0 Å². The zero-order chi connectivity index (χ0) is 20.9. The quantitative estimate of drug-likeness (QED) is 0.393. The van der Waals surface area contributed by atoms with Gasteiger partial charge in [-0.1, -0.05) is 52.2 Å². The molecule has 0 aliphatic carbocycles. The van der Waals surface area contributed by atoms with Gasteiger partial charge in [-0.05, 0) is 28.5 Å². The van der Waals surface area contributed by atoms with Crippen LogP contribution in [0.15, 0.2) is 36.4 Å². The number of hydrogen-bond acceptors (Lipinski definition) is 4. The molecule has 0 bridgehead atoms. The van der Waals surface area contributed by atoms with Gasteiger partial charge in [0.1, 0.15) is 0 Å². The van der Waals surface area contributed by atoms with Gasteiger partial charge in [-0.15, -0.1) is 0 Å². The van der Waals surface area contributed by atoms with E-state index in [1.165, 1.54) is 16.7 Å². The summed E-state index contributed by atoms with van der Waals surface area (Å²) in [6.45, 7) is 12.7. The van der Waals surface area contributed by atoms with Crippen LogP contribution in [0.5, 0.6) is 5.75 Å². The second-order valence-electron chi connectivity index (χ2n) is 9.09. The van der Waals surface area contributed by atoms with Crippen LogP contribution in [-0.2, 0) is 10.8 Å². The van der Waals surface area contributed by atoms with E-state index < -0.39 is 11.0 Å². The van der Waals surface area contributed by atoms with E-state index in [-0.39, 0.29) is 16.5 Å². The number of non-ortho nitro benzene ring substituents is 1. The second kappa shape index (κ2) is 6.55. The third-order valence-corrected chi connectivity index (χ3v) is 4.77. The van der Waals surface area contributed by atoms with Crippen LogP contribution in [0.1, 0.15) is 58.2 Å². The molecule has 0 atom stereocenters. The highest BCUT2D eigenvalue weighted by atomic mass is 16.6. The number of nitro benzene ring substituents is 1. The minimum Gasteiger partial charge on any atom is -0.365 e. The fourth-order valence-electron chi connectivity index (χ4n) is 3.08. The van der Waals surface area contributed by atoms with Crippen molar-refractivity contribution in [2.75, 3.05) is 0 Å². The molecule has 1 amide bonds. The maximum Gasteiger partial charge on any atom is 0.608 e. The van der Waals surface area contributed by atoms with Gasteiger partial charge in [0.15, 0.2) is 6.21 Å². The van der Waals surface area contributed by atoms with Gasteiger partial charge in [-0.25, -0.2) is 0 Å². The number of hydrogen-bond donors (Lipinski definition) is 0. The fourth-order valence-corrected chi connectivity index (χ4v) is 3.08. The van der Waals surface area contributed by atoms with E-state index >= 15 is 0 Å². The number of benzene rings is 2. The largest absolute Gasteiger partial charge is 0.608 e. The molecule has 6 heteroatoms. The number of rotatable bonds is 2. The molecule has 1 aliphatic heterocycles. The van der Waals surface area contributed by atoms with E-state index in [1.807, 2.05) is 6.07 Å². The maximum atomic E-state index is 12.6. The van der Waals surface area contributed by atoms with Crippen molar-refractivity contribution in [2.24, 2.45) is 0 Å². The average Bonchev–Trinajstić information content (AvgIpc) is 2.88. The first-order valence-corrected chi connectivity index (χ1v) is 9.17. The summed E-state index contributed by atoms with van der Waals surface area (Å²) in [4.78, 5) is 23.0. The molecular weight excluding hydrogens is 356 g/mol. The van der Waals surface area contributed by atoms with Crippen molar-refractivity contribution in [3.05, 3.63) is 63.2 Å². The van der Waals surface area contributed by atoms with Gasteiger partial charge in [-0.3, -0.25) is 10.1 Å². The van der Waals surface area contributed by atoms with E-state index in [9.17, 15) is 14.9 Å². The van der Waals surface area contributed by atoms with Gasteiger partial charge >= 0.3 is 6.09 Å². The van der Waals surface area contributed by atoms with Crippen molar-refractivity contribution in [1.82, 2.24) is 0 Å². The Morgan fingerprint density at radius 2 is 1.61 bits per heavy atom. The lowest BCUT2D eigenvalue weighted by Gasteiger charge is -2.25. The minimum absolute atomic E-state index is 0.00610. The standard InChI is InChI=1S/C22H25N2O4/c1-21(2,3)15-11-17(22(4,5)6)19-18(12-15)23(20(25)28-19)13-14-7-9-16(10-8-14)24(26)27/h7-13H,1-6H3/q+1/b23-13+. The number of carbonyl (C=O) groups is 1. The molecule has 6 nitrogen and oxygen atoms in total. The van der Waals surface area contributed by atoms with Gasteiger partial charge in [0.05, 0.1) is 4.92 Å². The Morgan fingerprint density at radius 1 is 1.00 bits per heavy atom. The molecule has 2 aromatic rings. The minimum atomic E-state index is -0.482. The summed E-state index contributed by atoms with van der Waals surface area (Å²) >= 11 is 0. The number of fused-ring (bicyclic) bond motifs is 1. The van der Waals surface area contributed by atoms with Crippen LogP contribution in [0.2, 0.25) is 0 Å². The summed E-state index contributed by atoms with van der Waals surface area (Å²) in [5.41, 5.74) is 3.16. The molecule has 146 valence electrons. The van der Waals surface area contributed by atoms with Crippen molar-refractivity contribution >= 4 is 23.7 Å². The molecule has 0 radical (unpaired) electrons. The Balaban J connectivity index is 2.18. The van der Waals surface area contributed by atoms with Gasteiger partial charge in [0.2, 0.25) is 5.75 Å². The SMILES string of the molecule is CC(C)(C)c1cc2c(c(C(C)(C)C)c1)OC(=O)/[N+]2=C/c1ccc([N+](=O)[O-])cc1. The van der Waals surface area contributed by atoms with E-state index in [1.54, 1.807) is 18.3 Å². The van der Waals surface area contributed by atoms with Crippen molar-refractivity contribution in [2.45, 2.75) is 52.4 Å². The van der Waals surface area contributed by atoms with Gasteiger partial charge in [0, 0.05) is 29.3 Å². The molecule has 1 aliphatic rings. The van der Waals surface area contributed by atoms with Crippen LogP contribution in [0, 0.1) is 10.1 Å². The van der Waals surface area contributed by atoms with Crippen LogP contribution in [-0.4, -0.2) is 21.8 Å². The third-order valence-electron chi connectivity index (χ3n) is 4.77. The zero-order valence-corrected chi connectivity index (χ0v) is 17.1. The second-order valence-corrected chi connectivity index (χ2v) is 9.09. The lowest BCUT2D eigenvalue weighted by molar-refractivity contribution is -0.384. The Bertz CT molecular complexity index is 991. The van der Waals surface area contributed by atoms with E-state index in [0.717, 1.165) is 11.1 Å². The Kier molecular flexibility index (Phi) is 4.61. The average molecular weight is 381 g/mol. The number of nitrogens with zero attached hydrogens (tertiary/aromatic N) is 2. The molecule has 0 N–H and O–H groups in total. The van der Waals surface area contributed by atoms with E-state index in [0.29, 0.717) is 17.0 Å². The van der Waals surface area contributed by atoms with Crippen LogP contribution < -0.4 is 4.74 Å². The molecule has 0 aromatic heterocycles. The summed E-state index contributed by atoms with van der Waals surface area (Å²) < 4.78 is 7.10. The first kappa shape index (κ1) is 19.7. The summed E-state index contributed by atoms with van der Waals surface area (Å²) in [5.74, 6) is 0.573. The maximum absolute atomic E-state index is 12.6. The fraction of sp³-hybridized carbons (Fsp3) is 0.364. The molecule has 2 aromatic carbocycles. The summed E-state index contributed by atoms with van der Waals surface area (Å²) in [6, 6.07) is 10.2. The molecule has 0 fully saturated rings. The highest BCUT2D eigenvalue weighted by molar-refractivity contribution is 5.86. The Hall–Kier alpha value is -3.02.